The van der Waals surface area contributed by atoms with Crippen LogP contribution in [-0.2, 0) is 4.79 Å². The number of likely N-dealkylation sites (tertiary alicyclic amines) is 1. The predicted octanol–water partition coefficient (Wildman–Crippen LogP) is 5.24. The van der Waals surface area contributed by atoms with Gasteiger partial charge in [-0.25, -0.2) is 8.78 Å². The largest absolute Gasteiger partial charge is 0.480 e. The summed E-state index contributed by atoms with van der Waals surface area (Å²) in [5, 5.41) is 9.41. The number of benzene rings is 2. The highest BCUT2D eigenvalue weighted by Gasteiger charge is 2.28. The van der Waals surface area contributed by atoms with E-state index < -0.39 is 12.0 Å². The number of hydrogen-bond acceptors (Lipinski definition) is 2. The molecule has 1 atom stereocenters. The van der Waals surface area contributed by atoms with Gasteiger partial charge in [-0.3, -0.25) is 9.69 Å². The maximum absolute atomic E-state index is 13.3. The van der Waals surface area contributed by atoms with E-state index in [4.69, 9.17) is 0 Å². The van der Waals surface area contributed by atoms with Crippen molar-refractivity contribution in [2.45, 2.75) is 44.1 Å². The summed E-state index contributed by atoms with van der Waals surface area (Å²) in [6.07, 6.45) is 4.31. The molecular weight excluding hydrogens is 384 g/mol. The molecule has 3 nitrogen and oxygen atoms in total. The van der Waals surface area contributed by atoms with E-state index in [0.717, 1.165) is 49.9 Å². The van der Waals surface area contributed by atoms with Crippen molar-refractivity contribution in [3.8, 4) is 0 Å². The summed E-state index contributed by atoms with van der Waals surface area (Å²) in [5.74, 6) is -1.29. The van der Waals surface area contributed by atoms with Gasteiger partial charge in [-0.1, -0.05) is 30.7 Å². The lowest BCUT2D eigenvalue weighted by Gasteiger charge is -2.33. The maximum atomic E-state index is 13.3. The maximum Gasteiger partial charge on any atom is 0.320 e. The molecule has 0 saturated carbocycles. The molecule has 1 fully saturated rings. The van der Waals surface area contributed by atoms with Crippen LogP contribution in [0.2, 0.25) is 0 Å². The molecule has 152 valence electrons. The summed E-state index contributed by atoms with van der Waals surface area (Å²) in [6.45, 7) is 1.53. The van der Waals surface area contributed by atoms with Gasteiger partial charge in [0, 0.05) is 5.92 Å². The van der Waals surface area contributed by atoms with Gasteiger partial charge in [0.15, 0.2) is 0 Å². The molecule has 1 N–H and O–H groups in total. The second-order valence-electron chi connectivity index (χ2n) is 7.18. The number of nitrogens with zero attached hydrogens (tertiary/aromatic N) is 1. The first kappa shape index (κ1) is 22.3. The molecule has 1 aliphatic heterocycles. The fourth-order valence-electron chi connectivity index (χ4n) is 3.95. The summed E-state index contributed by atoms with van der Waals surface area (Å²) in [7, 11) is 0. The van der Waals surface area contributed by atoms with Crippen LogP contribution in [0.25, 0.3) is 0 Å². The van der Waals surface area contributed by atoms with Gasteiger partial charge in [0.25, 0.3) is 0 Å². The second kappa shape index (κ2) is 10.5. The van der Waals surface area contributed by atoms with Gasteiger partial charge in [-0.05, 0) is 74.2 Å². The van der Waals surface area contributed by atoms with Crippen LogP contribution in [0, 0.1) is 11.6 Å². The first-order valence-corrected chi connectivity index (χ1v) is 9.52. The van der Waals surface area contributed by atoms with Crippen molar-refractivity contribution < 1.29 is 18.7 Å². The first-order chi connectivity index (χ1) is 13.0. The number of piperidine rings is 1. The van der Waals surface area contributed by atoms with Crippen LogP contribution < -0.4 is 0 Å². The Morgan fingerprint density at radius 2 is 1.54 bits per heavy atom. The van der Waals surface area contributed by atoms with E-state index in [1.165, 1.54) is 24.3 Å². The van der Waals surface area contributed by atoms with E-state index in [-0.39, 0.29) is 30.0 Å². The third-order valence-electron chi connectivity index (χ3n) is 5.38. The Labute approximate surface area is 170 Å². The highest BCUT2D eigenvalue weighted by molar-refractivity contribution is 5.85. The van der Waals surface area contributed by atoms with Crippen LogP contribution in [0.5, 0.6) is 0 Å². The van der Waals surface area contributed by atoms with Crippen LogP contribution in [-0.4, -0.2) is 35.1 Å². The van der Waals surface area contributed by atoms with Gasteiger partial charge in [-0.2, -0.15) is 0 Å². The highest BCUT2D eigenvalue weighted by atomic mass is 35.5. The van der Waals surface area contributed by atoms with E-state index >= 15 is 0 Å². The quantitative estimate of drug-likeness (QED) is 0.680. The number of carboxylic acids is 1. The third-order valence-corrected chi connectivity index (χ3v) is 5.38. The summed E-state index contributed by atoms with van der Waals surface area (Å²) in [4.78, 5) is 13.5. The van der Waals surface area contributed by atoms with Gasteiger partial charge < -0.3 is 5.11 Å². The zero-order valence-electron chi connectivity index (χ0n) is 15.7. The number of hydrogen-bond donors (Lipinski definition) is 1. The van der Waals surface area contributed by atoms with Crippen molar-refractivity contribution >= 4 is 18.4 Å². The van der Waals surface area contributed by atoms with Crippen molar-refractivity contribution in [2.24, 2.45) is 0 Å². The molecule has 0 amide bonds. The average Bonchev–Trinajstić information content (AvgIpc) is 2.67. The zero-order chi connectivity index (χ0) is 19.2. The van der Waals surface area contributed by atoms with Gasteiger partial charge >= 0.3 is 5.97 Å². The summed E-state index contributed by atoms with van der Waals surface area (Å²) in [5.41, 5.74) is 1.97. The molecule has 0 bridgehead atoms. The summed E-state index contributed by atoms with van der Waals surface area (Å²) < 4.78 is 26.6. The summed E-state index contributed by atoms with van der Waals surface area (Å²) in [6, 6.07) is 12.4. The first-order valence-electron chi connectivity index (χ1n) is 9.52. The Kier molecular flexibility index (Phi) is 8.39. The van der Waals surface area contributed by atoms with E-state index in [2.05, 4.69) is 4.90 Å². The lowest BCUT2D eigenvalue weighted by atomic mass is 9.87. The smallest absolute Gasteiger partial charge is 0.320 e. The SMILES string of the molecule is Cl.O=C(O)C1CCCCN1CCCC(c1ccc(F)cc1)c1ccc(F)cc1. The topological polar surface area (TPSA) is 40.5 Å². The molecule has 2 aromatic rings. The zero-order valence-corrected chi connectivity index (χ0v) is 16.5. The minimum Gasteiger partial charge on any atom is -0.480 e. The Morgan fingerprint density at radius 3 is 2.04 bits per heavy atom. The third kappa shape index (κ3) is 5.76. The Morgan fingerprint density at radius 1 is 1.00 bits per heavy atom. The van der Waals surface area contributed by atoms with Crippen LogP contribution >= 0.6 is 12.4 Å². The van der Waals surface area contributed by atoms with E-state index in [9.17, 15) is 18.7 Å². The van der Waals surface area contributed by atoms with Crippen molar-refractivity contribution in [1.29, 1.82) is 0 Å². The summed E-state index contributed by atoms with van der Waals surface area (Å²) >= 11 is 0. The highest BCUT2D eigenvalue weighted by Crippen LogP contribution is 2.30. The van der Waals surface area contributed by atoms with Gasteiger partial charge in [0.1, 0.15) is 17.7 Å². The lowest BCUT2D eigenvalue weighted by Crippen LogP contribution is -2.45. The van der Waals surface area contributed by atoms with E-state index in [0.29, 0.717) is 6.42 Å². The molecular formula is C22H26ClF2NO2. The van der Waals surface area contributed by atoms with Crippen molar-refractivity contribution in [1.82, 2.24) is 4.90 Å². The molecule has 1 aliphatic rings. The number of aliphatic carboxylic acids is 1. The second-order valence-corrected chi connectivity index (χ2v) is 7.18. The van der Waals surface area contributed by atoms with Crippen molar-refractivity contribution in [2.75, 3.05) is 13.1 Å². The lowest BCUT2D eigenvalue weighted by molar-refractivity contribution is -0.144. The van der Waals surface area contributed by atoms with Gasteiger partial charge in [-0.15, -0.1) is 12.4 Å². The molecule has 6 heteroatoms. The fraction of sp³-hybridized carbons (Fsp3) is 0.409. The van der Waals surface area contributed by atoms with Crippen molar-refractivity contribution in [3.63, 3.8) is 0 Å². The van der Waals surface area contributed by atoms with E-state index in [1.807, 2.05) is 0 Å². The van der Waals surface area contributed by atoms with Gasteiger partial charge in [0.2, 0.25) is 0 Å². The molecule has 1 saturated heterocycles. The van der Waals surface area contributed by atoms with Crippen LogP contribution in [0.4, 0.5) is 8.78 Å². The molecule has 3 rings (SSSR count). The Bertz CT molecular complexity index is 707. The Hall–Kier alpha value is -1.98. The molecule has 1 heterocycles. The number of halogens is 3. The average molecular weight is 410 g/mol. The van der Waals surface area contributed by atoms with E-state index in [1.54, 1.807) is 24.3 Å². The molecule has 28 heavy (non-hydrogen) atoms. The minimum absolute atomic E-state index is 0. The van der Waals surface area contributed by atoms with Crippen molar-refractivity contribution in [3.05, 3.63) is 71.3 Å². The molecule has 0 aromatic heterocycles. The fourth-order valence-corrected chi connectivity index (χ4v) is 3.95. The monoisotopic (exact) mass is 409 g/mol. The molecule has 2 aromatic carbocycles. The molecule has 0 radical (unpaired) electrons. The number of rotatable bonds is 7. The minimum atomic E-state index is -0.747. The standard InChI is InChI=1S/C22H25F2NO2.ClH/c23-18-10-6-16(7-11-18)20(17-8-12-19(24)13-9-17)4-3-15-25-14-2-1-5-21(25)22(26)27;/h6-13,20-21H,1-5,14-15H2,(H,26,27);1H. The number of carboxylic acid groups (broad SMARTS) is 1. The van der Waals surface area contributed by atoms with Crippen LogP contribution in [0.15, 0.2) is 48.5 Å². The normalized spacial score (nSPS) is 17.3. The molecule has 0 aliphatic carbocycles. The Balaban J connectivity index is 0.00000280. The molecule has 0 spiro atoms. The predicted molar refractivity (Wildman–Crippen MR) is 108 cm³/mol. The van der Waals surface area contributed by atoms with Crippen LogP contribution in [0.3, 0.4) is 0 Å². The molecule has 1 unspecified atom stereocenters. The van der Waals surface area contributed by atoms with Crippen LogP contribution in [0.1, 0.15) is 49.1 Å². The van der Waals surface area contributed by atoms with Gasteiger partial charge in [0.05, 0.1) is 0 Å². The number of carbonyl (C=O) groups is 1.